The minimum Gasteiger partial charge on any atom is -0.370 e. The van der Waals surface area contributed by atoms with Gasteiger partial charge in [0.2, 0.25) is 0 Å². The molecule has 0 spiro atoms. The van der Waals surface area contributed by atoms with Gasteiger partial charge < -0.3 is 5.32 Å². The molecule has 0 saturated carbocycles. The Morgan fingerprint density at radius 2 is 2.57 bits per heavy atom. The summed E-state index contributed by atoms with van der Waals surface area (Å²) in [4.78, 5) is 4.12. The van der Waals surface area contributed by atoms with Crippen LogP contribution in [0.15, 0.2) is 4.99 Å². The van der Waals surface area contributed by atoms with Gasteiger partial charge in [-0.3, -0.25) is 4.99 Å². The Labute approximate surface area is 43.6 Å². The van der Waals surface area contributed by atoms with E-state index in [2.05, 4.69) is 17.2 Å². The van der Waals surface area contributed by atoms with E-state index in [1.54, 1.807) is 0 Å². The zero-order chi connectivity index (χ0) is 5.28. The number of nitrogens with one attached hydrogen (secondary N) is 1. The fourth-order valence-corrected chi connectivity index (χ4v) is 0.722. The van der Waals surface area contributed by atoms with Crippen molar-refractivity contribution < 1.29 is 0 Å². The van der Waals surface area contributed by atoms with Crippen LogP contribution in [0.5, 0.6) is 0 Å². The molecule has 0 aromatic rings. The van der Waals surface area contributed by atoms with Gasteiger partial charge in [0.25, 0.3) is 0 Å². The molecule has 1 heterocycles. The summed E-state index contributed by atoms with van der Waals surface area (Å²) in [5.41, 5.74) is 0. The number of nitrogens with zero attached hydrogens (tertiary/aromatic N) is 1. The number of rotatable bonds is 0. The fourth-order valence-electron chi connectivity index (χ4n) is 0.722. The molecule has 0 aromatic carbocycles. The van der Waals surface area contributed by atoms with Crippen molar-refractivity contribution in [1.82, 2.24) is 5.32 Å². The summed E-state index contributed by atoms with van der Waals surface area (Å²) in [6, 6.07) is 0.569. The van der Waals surface area contributed by atoms with Crippen LogP contribution in [0.25, 0.3) is 0 Å². The molecule has 7 heavy (non-hydrogen) atoms. The van der Waals surface area contributed by atoms with E-state index < -0.39 is 0 Å². The van der Waals surface area contributed by atoms with E-state index in [9.17, 15) is 0 Å². The molecule has 0 amide bonds. The van der Waals surface area contributed by atoms with Gasteiger partial charge in [-0.15, -0.1) is 0 Å². The summed E-state index contributed by atoms with van der Waals surface area (Å²) in [6.45, 7) is 5.06. The molecule has 1 N–H and O–H groups in total. The van der Waals surface area contributed by atoms with Crippen LogP contribution in [0.3, 0.4) is 0 Å². The first-order chi connectivity index (χ1) is 3.29. The van der Waals surface area contributed by atoms with Crippen molar-refractivity contribution in [3.05, 3.63) is 0 Å². The lowest BCUT2D eigenvalue weighted by molar-refractivity contribution is 0.725. The SMILES string of the molecule is CC1=NCC(C)N1. The Bertz CT molecular complexity index is 96.3. The quantitative estimate of drug-likeness (QED) is 0.466. The zero-order valence-electron chi connectivity index (χ0n) is 4.73. The first kappa shape index (κ1) is 4.62. The molecule has 0 fully saturated rings. The molecule has 0 radical (unpaired) electrons. The van der Waals surface area contributed by atoms with Gasteiger partial charge in [0, 0.05) is 6.04 Å². The number of amidine groups is 1. The lowest BCUT2D eigenvalue weighted by atomic mass is 10.4. The normalized spacial score (nSPS) is 29.4. The summed E-state index contributed by atoms with van der Waals surface area (Å²) in [5.74, 6) is 1.08. The summed E-state index contributed by atoms with van der Waals surface area (Å²) in [6.07, 6.45) is 0. The van der Waals surface area contributed by atoms with Gasteiger partial charge >= 0.3 is 0 Å². The van der Waals surface area contributed by atoms with Crippen LogP contribution < -0.4 is 5.32 Å². The average Bonchev–Trinajstić information content (AvgIpc) is 1.87. The molecule has 1 aliphatic rings. The van der Waals surface area contributed by atoms with Crippen molar-refractivity contribution in [2.24, 2.45) is 4.99 Å². The van der Waals surface area contributed by atoms with E-state index in [4.69, 9.17) is 0 Å². The van der Waals surface area contributed by atoms with Crippen LogP contribution in [-0.2, 0) is 0 Å². The van der Waals surface area contributed by atoms with Gasteiger partial charge in [0.05, 0.1) is 12.4 Å². The smallest absolute Gasteiger partial charge is 0.0935 e. The topological polar surface area (TPSA) is 24.4 Å². The van der Waals surface area contributed by atoms with E-state index >= 15 is 0 Å². The third kappa shape index (κ3) is 0.918. The van der Waals surface area contributed by atoms with Crippen LogP contribution in [0.4, 0.5) is 0 Å². The van der Waals surface area contributed by atoms with Crippen molar-refractivity contribution in [2.45, 2.75) is 19.9 Å². The summed E-state index contributed by atoms with van der Waals surface area (Å²) in [5, 5.41) is 3.17. The van der Waals surface area contributed by atoms with E-state index in [0.29, 0.717) is 6.04 Å². The summed E-state index contributed by atoms with van der Waals surface area (Å²) >= 11 is 0. The lowest BCUT2D eigenvalue weighted by Crippen LogP contribution is -2.24. The third-order valence-corrected chi connectivity index (χ3v) is 1.06. The Kier molecular flexibility index (Phi) is 1.01. The van der Waals surface area contributed by atoms with E-state index in [-0.39, 0.29) is 0 Å². The zero-order valence-corrected chi connectivity index (χ0v) is 4.73. The molecule has 0 bridgehead atoms. The van der Waals surface area contributed by atoms with Crippen molar-refractivity contribution >= 4 is 5.84 Å². The van der Waals surface area contributed by atoms with Gasteiger partial charge in [-0.1, -0.05) is 0 Å². The van der Waals surface area contributed by atoms with E-state index in [1.807, 2.05) is 6.92 Å². The maximum atomic E-state index is 4.12. The highest BCUT2D eigenvalue weighted by Gasteiger charge is 2.05. The Morgan fingerprint density at radius 3 is 2.71 bits per heavy atom. The predicted octanol–water partition coefficient (Wildman–Crippen LogP) is 0.397. The second kappa shape index (κ2) is 1.52. The molecule has 2 nitrogen and oxygen atoms in total. The van der Waals surface area contributed by atoms with Gasteiger partial charge in [-0.25, -0.2) is 0 Å². The molecule has 1 rings (SSSR count). The molecule has 1 aliphatic heterocycles. The Balaban J connectivity index is 2.42. The van der Waals surface area contributed by atoms with Crippen LogP contribution in [0.2, 0.25) is 0 Å². The number of hydrogen-bond donors (Lipinski definition) is 1. The number of hydrogen-bond acceptors (Lipinski definition) is 2. The average molecular weight is 98.1 g/mol. The molecular weight excluding hydrogens is 88.1 g/mol. The van der Waals surface area contributed by atoms with Crippen LogP contribution in [0, 0.1) is 0 Å². The molecule has 0 saturated heterocycles. The molecular formula is C5H10N2. The maximum Gasteiger partial charge on any atom is 0.0935 e. The van der Waals surface area contributed by atoms with Crippen molar-refractivity contribution in [3.63, 3.8) is 0 Å². The summed E-state index contributed by atoms with van der Waals surface area (Å²) in [7, 11) is 0. The van der Waals surface area contributed by atoms with Crippen LogP contribution >= 0.6 is 0 Å². The second-order valence-electron chi connectivity index (χ2n) is 1.97. The summed E-state index contributed by atoms with van der Waals surface area (Å²) < 4.78 is 0. The van der Waals surface area contributed by atoms with E-state index in [1.165, 1.54) is 0 Å². The Morgan fingerprint density at radius 1 is 1.86 bits per heavy atom. The molecule has 40 valence electrons. The number of aliphatic imine (C=N–C) groups is 1. The highest BCUT2D eigenvalue weighted by Crippen LogP contribution is 1.91. The monoisotopic (exact) mass is 98.1 g/mol. The molecule has 2 heteroatoms. The molecule has 1 unspecified atom stereocenters. The first-order valence-corrected chi connectivity index (χ1v) is 2.56. The molecule has 0 aliphatic carbocycles. The van der Waals surface area contributed by atoms with Gasteiger partial charge in [-0.2, -0.15) is 0 Å². The van der Waals surface area contributed by atoms with Crippen molar-refractivity contribution in [1.29, 1.82) is 0 Å². The van der Waals surface area contributed by atoms with Crippen molar-refractivity contribution in [2.75, 3.05) is 6.54 Å². The van der Waals surface area contributed by atoms with E-state index in [0.717, 1.165) is 12.4 Å². The van der Waals surface area contributed by atoms with Gasteiger partial charge in [-0.05, 0) is 13.8 Å². The highest BCUT2D eigenvalue weighted by molar-refractivity contribution is 5.81. The van der Waals surface area contributed by atoms with Gasteiger partial charge in [0.1, 0.15) is 0 Å². The second-order valence-corrected chi connectivity index (χ2v) is 1.97. The lowest BCUT2D eigenvalue weighted by Gasteiger charge is -1.98. The Hall–Kier alpha value is -0.530. The predicted molar refractivity (Wildman–Crippen MR) is 30.6 cm³/mol. The first-order valence-electron chi connectivity index (χ1n) is 2.56. The fraction of sp³-hybridized carbons (Fsp3) is 0.800. The standard InChI is InChI=1S/C5H10N2/c1-4-3-6-5(2)7-4/h4H,3H2,1-2H3,(H,6,7). The minimum absolute atomic E-state index is 0.569. The largest absolute Gasteiger partial charge is 0.370 e. The van der Waals surface area contributed by atoms with Crippen molar-refractivity contribution in [3.8, 4) is 0 Å². The highest BCUT2D eigenvalue weighted by atomic mass is 15.1. The van der Waals surface area contributed by atoms with Crippen LogP contribution in [0.1, 0.15) is 13.8 Å². The molecule has 1 atom stereocenters. The van der Waals surface area contributed by atoms with Gasteiger partial charge in [0.15, 0.2) is 0 Å². The minimum atomic E-state index is 0.569. The molecule has 0 aromatic heterocycles. The third-order valence-electron chi connectivity index (χ3n) is 1.06. The maximum absolute atomic E-state index is 4.12. The van der Waals surface area contributed by atoms with Crippen LogP contribution in [-0.4, -0.2) is 18.4 Å².